The summed E-state index contributed by atoms with van der Waals surface area (Å²) < 4.78 is 20.5. The number of amides is 1. The van der Waals surface area contributed by atoms with E-state index in [0.29, 0.717) is 11.3 Å². The number of carbonyl (C=O) groups excluding carboxylic acids is 2. The summed E-state index contributed by atoms with van der Waals surface area (Å²) in [6, 6.07) is 7.08. The molecule has 2 aromatic rings. The Labute approximate surface area is 166 Å². The Morgan fingerprint density at radius 3 is 2.21 bits per heavy atom. The van der Waals surface area contributed by atoms with Gasteiger partial charge < -0.3 is 24.3 Å². The van der Waals surface area contributed by atoms with Crippen molar-refractivity contribution < 1.29 is 33.5 Å². The molecule has 0 heterocycles. The molecule has 0 bridgehead atoms. The molecule has 2 aromatic carbocycles. The molecule has 0 saturated carbocycles. The van der Waals surface area contributed by atoms with Gasteiger partial charge in [-0.05, 0) is 25.1 Å². The number of hydrogen-bond donors (Lipinski definition) is 1. The monoisotopic (exact) mass is 404 g/mol. The molecule has 0 saturated heterocycles. The number of carbonyl (C=O) groups is 2. The molecular formula is C19H20N2O8. The van der Waals surface area contributed by atoms with Gasteiger partial charge in [0.15, 0.2) is 18.1 Å². The first-order chi connectivity index (χ1) is 13.8. The predicted octanol–water partition coefficient (Wildman–Crippen LogP) is 2.72. The van der Waals surface area contributed by atoms with Crippen LogP contribution >= 0.6 is 0 Å². The van der Waals surface area contributed by atoms with E-state index in [4.69, 9.17) is 18.9 Å². The fraction of sp³-hybridized carbons (Fsp3) is 0.263. The topological polar surface area (TPSA) is 126 Å². The van der Waals surface area contributed by atoms with Crippen LogP contribution in [-0.4, -0.2) is 44.7 Å². The fourth-order valence-corrected chi connectivity index (χ4v) is 2.56. The number of nitrogens with zero attached hydrogens (tertiary/aromatic N) is 1. The Kier molecular flexibility index (Phi) is 6.96. The van der Waals surface area contributed by atoms with E-state index in [2.05, 4.69) is 5.32 Å². The largest absolute Gasteiger partial charge is 0.493 e. The third-order valence-electron chi connectivity index (χ3n) is 4.01. The second-order valence-electron chi connectivity index (χ2n) is 5.75. The summed E-state index contributed by atoms with van der Waals surface area (Å²) in [5.41, 5.74) is 0.519. The minimum atomic E-state index is -0.782. The van der Waals surface area contributed by atoms with Crippen molar-refractivity contribution in [1.82, 2.24) is 0 Å². The van der Waals surface area contributed by atoms with Gasteiger partial charge in [-0.25, -0.2) is 4.79 Å². The van der Waals surface area contributed by atoms with Gasteiger partial charge in [0.2, 0.25) is 5.75 Å². The van der Waals surface area contributed by atoms with Crippen molar-refractivity contribution in [1.29, 1.82) is 0 Å². The van der Waals surface area contributed by atoms with Gasteiger partial charge in [0, 0.05) is 6.07 Å². The molecule has 2 rings (SSSR count). The lowest BCUT2D eigenvalue weighted by Gasteiger charge is -2.14. The highest BCUT2D eigenvalue weighted by Gasteiger charge is 2.19. The van der Waals surface area contributed by atoms with Crippen LogP contribution < -0.4 is 19.5 Å². The lowest BCUT2D eigenvalue weighted by molar-refractivity contribution is -0.385. The normalized spacial score (nSPS) is 10.1. The van der Waals surface area contributed by atoms with Crippen molar-refractivity contribution >= 4 is 23.3 Å². The smallest absolute Gasteiger partial charge is 0.338 e. The van der Waals surface area contributed by atoms with Crippen molar-refractivity contribution in [2.24, 2.45) is 0 Å². The molecule has 10 heteroatoms. The van der Waals surface area contributed by atoms with Crippen LogP contribution in [0.15, 0.2) is 30.3 Å². The van der Waals surface area contributed by atoms with Crippen molar-refractivity contribution in [3.63, 3.8) is 0 Å². The molecule has 0 aliphatic carbocycles. The van der Waals surface area contributed by atoms with E-state index in [1.807, 2.05) is 0 Å². The van der Waals surface area contributed by atoms with Crippen LogP contribution in [0.25, 0.3) is 0 Å². The zero-order chi connectivity index (χ0) is 21.6. The maximum absolute atomic E-state index is 12.3. The molecule has 0 atom stereocenters. The van der Waals surface area contributed by atoms with E-state index in [0.717, 1.165) is 0 Å². The molecule has 0 radical (unpaired) electrons. The summed E-state index contributed by atoms with van der Waals surface area (Å²) in [6.07, 6.45) is 0. The van der Waals surface area contributed by atoms with Gasteiger partial charge in [0.25, 0.3) is 11.6 Å². The SMILES string of the molecule is COc1cc(C(=O)OCC(=O)Nc2cccc([N+](=O)[O-])c2C)cc(OC)c1OC. The molecule has 0 aliphatic rings. The van der Waals surface area contributed by atoms with Crippen LogP contribution in [0.5, 0.6) is 17.2 Å². The third kappa shape index (κ3) is 4.92. The van der Waals surface area contributed by atoms with Crippen LogP contribution in [-0.2, 0) is 9.53 Å². The molecule has 1 amide bonds. The number of hydrogen-bond acceptors (Lipinski definition) is 8. The van der Waals surface area contributed by atoms with Crippen LogP contribution in [0, 0.1) is 17.0 Å². The highest BCUT2D eigenvalue weighted by atomic mass is 16.6. The van der Waals surface area contributed by atoms with Crippen molar-refractivity contribution in [3.05, 3.63) is 51.6 Å². The number of ether oxygens (including phenoxy) is 4. The average Bonchev–Trinajstić information content (AvgIpc) is 2.71. The molecule has 0 aliphatic heterocycles. The average molecular weight is 404 g/mol. The lowest BCUT2D eigenvalue weighted by atomic mass is 10.1. The summed E-state index contributed by atoms with van der Waals surface area (Å²) in [4.78, 5) is 34.8. The van der Waals surface area contributed by atoms with Gasteiger partial charge in [0.1, 0.15) is 0 Å². The van der Waals surface area contributed by atoms with Gasteiger partial charge in [-0.2, -0.15) is 0 Å². The first kappa shape index (κ1) is 21.5. The Bertz CT molecular complexity index is 917. The lowest BCUT2D eigenvalue weighted by Crippen LogP contribution is -2.21. The molecule has 0 fully saturated rings. The van der Waals surface area contributed by atoms with Gasteiger partial charge in [-0.15, -0.1) is 0 Å². The minimum Gasteiger partial charge on any atom is -0.493 e. The molecule has 154 valence electrons. The number of nitrogens with one attached hydrogen (secondary N) is 1. The maximum atomic E-state index is 12.3. The van der Waals surface area contributed by atoms with E-state index in [1.54, 1.807) is 0 Å². The van der Waals surface area contributed by atoms with Crippen LogP contribution in [0.1, 0.15) is 15.9 Å². The zero-order valence-electron chi connectivity index (χ0n) is 16.3. The molecule has 29 heavy (non-hydrogen) atoms. The number of nitro benzene ring substituents is 1. The van der Waals surface area contributed by atoms with E-state index >= 15 is 0 Å². The minimum absolute atomic E-state index is 0.0961. The number of rotatable bonds is 8. The van der Waals surface area contributed by atoms with Crippen LogP contribution in [0.3, 0.4) is 0 Å². The number of anilines is 1. The van der Waals surface area contributed by atoms with Crippen LogP contribution in [0.2, 0.25) is 0 Å². The summed E-state index contributed by atoms with van der Waals surface area (Å²) in [5.74, 6) is -0.596. The number of methoxy groups -OCH3 is 3. The van der Waals surface area contributed by atoms with Crippen molar-refractivity contribution in [3.8, 4) is 17.2 Å². The molecule has 0 aromatic heterocycles. The molecule has 1 N–H and O–H groups in total. The highest BCUT2D eigenvalue weighted by Crippen LogP contribution is 2.38. The van der Waals surface area contributed by atoms with Crippen molar-refractivity contribution in [2.45, 2.75) is 6.92 Å². The third-order valence-corrected chi connectivity index (χ3v) is 4.01. The summed E-state index contributed by atoms with van der Waals surface area (Å²) >= 11 is 0. The molecule has 0 unspecified atom stereocenters. The maximum Gasteiger partial charge on any atom is 0.338 e. The Morgan fingerprint density at radius 1 is 1.07 bits per heavy atom. The number of esters is 1. The van der Waals surface area contributed by atoms with E-state index in [1.165, 1.54) is 58.6 Å². The predicted molar refractivity (Wildman–Crippen MR) is 103 cm³/mol. The summed E-state index contributed by atoms with van der Waals surface area (Å²) in [6.45, 7) is 0.924. The van der Waals surface area contributed by atoms with E-state index in [9.17, 15) is 19.7 Å². The first-order valence-electron chi connectivity index (χ1n) is 8.33. The van der Waals surface area contributed by atoms with Gasteiger partial charge >= 0.3 is 5.97 Å². The zero-order valence-corrected chi connectivity index (χ0v) is 16.3. The molecule has 10 nitrogen and oxygen atoms in total. The van der Waals surface area contributed by atoms with E-state index < -0.39 is 23.4 Å². The Morgan fingerprint density at radius 2 is 1.69 bits per heavy atom. The molecular weight excluding hydrogens is 384 g/mol. The number of benzene rings is 2. The Hall–Kier alpha value is -3.82. The second kappa shape index (κ2) is 9.40. The quantitative estimate of drug-likeness (QED) is 0.404. The van der Waals surface area contributed by atoms with Crippen molar-refractivity contribution in [2.75, 3.05) is 33.3 Å². The first-order valence-corrected chi connectivity index (χ1v) is 8.33. The summed E-state index contributed by atoms with van der Waals surface area (Å²) in [7, 11) is 4.24. The summed E-state index contributed by atoms with van der Waals surface area (Å²) in [5, 5.41) is 13.5. The highest BCUT2D eigenvalue weighted by molar-refractivity contribution is 5.96. The van der Waals surface area contributed by atoms with Gasteiger partial charge in [-0.1, -0.05) is 6.07 Å². The molecule has 0 spiro atoms. The Balaban J connectivity index is 2.09. The standard InChI is InChI=1S/C19H20N2O8/c1-11-13(6-5-7-14(11)21(24)25)20-17(22)10-29-19(23)12-8-15(26-2)18(28-4)16(9-12)27-3/h5-9H,10H2,1-4H3,(H,20,22). The van der Waals surface area contributed by atoms with E-state index in [-0.39, 0.29) is 28.4 Å². The van der Waals surface area contributed by atoms with Gasteiger partial charge in [0.05, 0.1) is 43.1 Å². The van der Waals surface area contributed by atoms with Gasteiger partial charge in [-0.3, -0.25) is 14.9 Å². The van der Waals surface area contributed by atoms with Crippen LogP contribution in [0.4, 0.5) is 11.4 Å². The second-order valence-corrected chi connectivity index (χ2v) is 5.75. The fourth-order valence-electron chi connectivity index (χ4n) is 2.56. The number of nitro groups is 1.